The van der Waals surface area contributed by atoms with Crippen LogP contribution in [0.25, 0.3) is 0 Å². The first-order chi connectivity index (χ1) is 16.4. The monoisotopic (exact) mass is 460 g/mol. The molecule has 3 aromatic rings. The number of halogens is 1. The van der Waals surface area contributed by atoms with Gasteiger partial charge in [0, 0.05) is 49.8 Å². The van der Waals surface area contributed by atoms with Crippen LogP contribution in [0.15, 0.2) is 72.9 Å². The van der Waals surface area contributed by atoms with Crippen molar-refractivity contribution < 1.29 is 13.9 Å². The Morgan fingerprint density at radius 2 is 1.65 bits per heavy atom. The first-order valence-electron chi connectivity index (χ1n) is 11.6. The Morgan fingerprint density at radius 1 is 0.971 bits per heavy atom. The van der Waals surface area contributed by atoms with E-state index in [0.717, 1.165) is 24.2 Å². The van der Waals surface area contributed by atoms with Crippen molar-refractivity contribution in [1.29, 1.82) is 0 Å². The topological polar surface area (TPSA) is 71.7 Å². The van der Waals surface area contributed by atoms with Crippen LogP contribution in [-0.4, -0.2) is 39.6 Å². The molecule has 2 N–H and O–H groups in total. The summed E-state index contributed by atoms with van der Waals surface area (Å²) in [6, 6.07) is 20.4. The summed E-state index contributed by atoms with van der Waals surface area (Å²) in [4.78, 5) is 21.5. The zero-order chi connectivity index (χ0) is 23.8. The molecule has 2 saturated heterocycles. The number of hydrogen-bond donors (Lipinski definition) is 1. The van der Waals surface area contributed by atoms with E-state index in [9.17, 15) is 9.18 Å². The van der Waals surface area contributed by atoms with Crippen LogP contribution in [0, 0.1) is 5.82 Å². The second-order valence-electron chi connectivity index (χ2n) is 9.30. The molecule has 2 aromatic carbocycles. The Hall–Kier alpha value is -3.45. The van der Waals surface area contributed by atoms with Gasteiger partial charge in [-0.05, 0) is 24.6 Å². The van der Waals surface area contributed by atoms with Crippen LogP contribution in [0.3, 0.4) is 0 Å². The predicted octanol–water partition coefficient (Wildman–Crippen LogP) is 4.71. The average molecular weight is 461 g/mol. The maximum absolute atomic E-state index is 14.5. The number of aromatic nitrogens is 1. The van der Waals surface area contributed by atoms with Gasteiger partial charge in [0.15, 0.2) is 0 Å². The third-order valence-electron chi connectivity index (χ3n) is 7.54. The summed E-state index contributed by atoms with van der Waals surface area (Å²) in [6.07, 6.45) is 2.62. The van der Waals surface area contributed by atoms with Gasteiger partial charge in [0.25, 0.3) is 0 Å². The molecule has 176 valence electrons. The van der Waals surface area contributed by atoms with Gasteiger partial charge in [0.2, 0.25) is 0 Å². The maximum Gasteiger partial charge on any atom is 0.411 e. The van der Waals surface area contributed by atoms with Crippen LogP contribution >= 0.6 is 0 Å². The number of piperidine rings is 1. The SMILES string of the molecule is CC1(c2ccccc2)N(Cc2ccccc2F)C(=O)OC12CCN(Cc1cccnc1N)CC2. The lowest BCUT2D eigenvalue weighted by atomic mass is 9.70. The predicted molar refractivity (Wildman–Crippen MR) is 128 cm³/mol. The summed E-state index contributed by atoms with van der Waals surface area (Å²) in [7, 11) is 0. The van der Waals surface area contributed by atoms with E-state index in [0.29, 0.717) is 30.8 Å². The third-order valence-corrected chi connectivity index (χ3v) is 7.54. The van der Waals surface area contributed by atoms with Crippen molar-refractivity contribution in [2.24, 2.45) is 0 Å². The van der Waals surface area contributed by atoms with E-state index in [-0.39, 0.29) is 12.4 Å². The number of nitrogen functional groups attached to an aromatic ring is 1. The van der Waals surface area contributed by atoms with Crippen LogP contribution in [-0.2, 0) is 23.4 Å². The van der Waals surface area contributed by atoms with Gasteiger partial charge in [-0.3, -0.25) is 9.80 Å². The van der Waals surface area contributed by atoms with Crippen LogP contribution in [0.1, 0.15) is 36.5 Å². The van der Waals surface area contributed by atoms with E-state index >= 15 is 0 Å². The second-order valence-corrected chi connectivity index (χ2v) is 9.30. The molecule has 7 heteroatoms. The number of amides is 1. The van der Waals surface area contributed by atoms with E-state index in [2.05, 4.69) is 16.8 Å². The van der Waals surface area contributed by atoms with Gasteiger partial charge < -0.3 is 10.5 Å². The molecule has 2 fully saturated rings. The second kappa shape index (κ2) is 8.72. The Balaban J connectivity index is 1.45. The normalized spacial score (nSPS) is 22.2. The summed E-state index contributed by atoms with van der Waals surface area (Å²) in [5, 5.41) is 0. The highest BCUT2D eigenvalue weighted by atomic mass is 19.1. The van der Waals surface area contributed by atoms with Gasteiger partial charge in [-0.15, -0.1) is 0 Å². The molecular weight excluding hydrogens is 431 g/mol. The molecule has 1 unspecified atom stereocenters. The van der Waals surface area contributed by atoms with Gasteiger partial charge in [-0.25, -0.2) is 14.2 Å². The van der Waals surface area contributed by atoms with E-state index in [1.165, 1.54) is 6.07 Å². The minimum absolute atomic E-state index is 0.147. The van der Waals surface area contributed by atoms with Gasteiger partial charge >= 0.3 is 6.09 Å². The molecule has 1 atom stereocenters. The molecule has 3 heterocycles. The Labute approximate surface area is 199 Å². The van der Waals surface area contributed by atoms with Gasteiger partial charge in [0.1, 0.15) is 22.8 Å². The highest BCUT2D eigenvalue weighted by Gasteiger charge is 2.63. The van der Waals surface area contributed by atoms with Crippen LogP contribution in [0.4, 0.5) is 15.0 Å². The lowest BCUT2D eigenvalue weighted by Crippen LogP contribution is -2.58. The number of carbonyl (C=O) groups excluding carboxylic acids is 1. The first kappa shape index (κ1) is 22.3. The van der Waals surface area contributed by atoms with E-state index in [4.69, 9.17) is 10.5 Å². The van der Waals surface area contributed by atoms with Crippen molar-refractivity contribution in [2.75, 3.05) is 18.8 Å². The molecule has 1 amide bonds. The van der Waals surface area contributed by atoms with Gasteiger partial charge in [-0.1, -0.05) is 54.6 Å². The molecule has 2 aliphatic rings. The Bertz CT molecular complexity index is 1180. The molecule has 5 rings (SSSR count). The molecule has 34 heavy (non-hydrogen) atoms. The fraction of sp³-hybridized carbons (Fsp3) is 0.333. The summed E-state index contributed by atoms with van der Waals surface area (Å²) < 4.78 is 20.8. The van der Waals surface area contributed by atoms with Gasteiger partial charge in [-0.2, -0.15) is 0 Å². The number of likely N-dealkylation sites (tertiary alicyclic amines) is 1. The summed E-state index contributed by atoms with van der Waals surface area (Å²) >= 11 is 0. The Morgan fingerprint density at radius 3 is 2.35 bits per heavy atom. The molecule has 0 aliphatic carbocycles. The molecule has 0 saturated carbocycles. The van der Waals surface area contributed by atoms with E-state index in [1.807, 2.05) is 42.5 Å². The standard InChI is InChI=1S/C27H29FN4O2/c1-26(22-10-3-2-4-11-22)27(34-25(33)32(26)19-20-8-5-6-12-23(20)28)13-16-31(17-14-27)18-21-9-7-15-30-24(21)29/h2-12,15H,13-14,16-19H2,1H3,(H2,29,30). The molecule has 1 aromatic heterocycles. The minimum atomic E-state index is -0.743. The zero-order valence-electron chi connectivity index (χ0n) is 19.3. The van der Waals surface area contributed by atoms with Crippen molar-refractivity contribution >= 4 is 11.9 Å². The quantitative estimate of drug-likeness (QED) is 0.597. The number of anilines is 1. The zero-order valence-corrected chi connectivity index (χ0v) is 19.3. The van der Waals surface area contributed by atoms with E-state index in [1.54, 1.807) is 29.3 Å². The third kappa shape index (κ3) is 3.70. The molecule has 6 nitrogen and oxygen atoms in total. The molecular formula is C27H29FN4O2. The smallest absolute Gasteiger partial charge is 0.411 e. The number of benzene rings is 2. The fourth-order valence-electron chi connectivity index (χ4n) is 5.44. The van der Waals surface area contributed by atoms with Crippen molar-refractivity contribution in [3.8, 4) is 0 Å². The highest BCUT2D eigenvalue weighted by Crippen LogP contribution is 2.52. The summed E-state index contributed by atoms with van der Waals surface area (Å²) in [5.74, 6) is 0.218. The van der Waals surface area contributed by atoms with E-state index < -0.39 is 17.2 Å². The van der Waals surface area contributed by atoms with Crippen molar-refractivity contribution in [3.63, 3.8) is 0 Å². The number of nitrogens with zero attached hydrogens (tertiary/aromatic N) is 3. The lowest BCUT2D eigenvalue weighted by molar-refractivity contribution is -0.0614. The summed E-state index contributed by atoms with van der Waals surface area (Å²) in [6.45, 7) is 4.40. The number of pyridine rings is 1. The Kier molecular flexibility index (Phi) is 5.73. The molecule has 0 radical (unpaired) electrons. The van der Waals surface area contributed by atoms with Gasteiger partial charge in [0.05, 0.1) is 6.54 Å². The highest BCUT2D eigenvalue weighted by molar-refractivity contribution is 5.74. The number of rotatable bonds is 5. The molecule has 1 spiro atoms. The average Bonchev–Trinajstić information content (AvgIpc) is 3.05. The molecule has 0 bridgehead atoms. The number of ether oxygens (including phenoxy) is 1. The lowest BCUT2D eigenvalue weighted by Gasteiger charge is -2.48. The number of carbonyl (C=O) groups is 1. The van der Waals surface area contributed by atoms with Crippen molar-refractivity contribution in [3.05, 3.63) is 95.4 Å². The van der Waals surface area contributed by atoms with Crippen LogP contribution in [0.5, 0.6) is 0 Å². The fourth-order valence-corrected chi connectivity index (χ4v) is 5.44. The number of hydrogen-bond acceptors (Lipinski definition) is 5. The largest absolute Gasteiger partial charge is 0.440 e. The first-order valence-corrected chi connectivity index (χ1v) is 11.6. The van der Waals surface area contributed by atoms with Crippen molar-refractivity contribution in [1.82, 2.24) is 14.8 Å². The summed E-state index contributed by atoms with van der Waals surface area (Å²) in [5.41, 5.74) is 7.05. The molecule has 2 aliphatic heterocycles. The maximum atomic E-state index is 14.5. The number of nitrogens with two attached hydrogens (primary N) is 1. The van der Waals surface area contributed by atoms with Crippen LogP contribution in [0.2, 0.25) is 0 Å². The minimum Gasteiger partial charge on any atom is -0.440 e. The van der Waals surface area contributed by atoms with Crippen molar-refractivity contribution in [2.45, 2.75) is 44.0 Å². The van der Waals surface area contributed by atoms with Crippen LogP contribution < -0.4 is 5.73 Å².